The van der Waals surface area contributed by atoms with Crippen LogP contribution in [0.15, 0.2) is 34.1 Å². The first-order valence-corrected chi connectivity index (χ1v) is 14.4. The third-order valence-electron chi connectivity index (χ3n) is 8.08. The first kappa shape index (κ1) is 26.0. The van der Waals surface area contributed by atoms with Gasteiger partial charge >= 0.3 is 0 Å². The lowest BCUT2D eigenvalue weighted by atomic mass is 9.81. The molecular weight excluding hydrogens is 486 g/mol. The van der Waals surface area contributed by atoms with Crippen molar-refractivity contribution in [1.29, 1.82) is 0 Å². The largest absolute Gasteiger partial charge is 0.378 e. The van der Waals surface area contributed by atoms with Gasteiger partial charge in [0.15, 0.2) is 0 Å². The second-order valence-corrected chi connectivity index (χ2v) is 11.3. The predicted molar refractivity (Wildman–Crippen MR) is 147 cm³/mol. The van der Waals surface area contributed by atoms with Crippen LogP contribution in [-0.4, -0.2) is 52.0 Å². The number of pyridine rings is 2. The Balaban J connectivity index is 1.36. The lowest BCUT2D eigenvalue weighted by molar-refractivity contribution is -0.0131. The Morgan fingerprint density at radius 3 is 2.68 bits per heavy atom. The molecule has 3 aromatic rings. The van der Waals surface area contributed by atoms with Crippen LogP contribution in [0.4, 0.5) is 0 Å². The van der Waals surface area contributed by atoms with Crippen LogP contribution in [0.1, 0.15) is 66.0 Å². The van der Waals surface area contributed by atoms with E-state index in [0.717, 1.165) is 66.2 Å². The summed E-state index contributed by atoms with van der Waals surface area (Å²) < 4.78 is 7.57. The fourth-order valence-electron chi connectivity index (χ4n) is 5.98. The van der Waals surface area contributed by atoms with Crippen LogP contribution in [0.25, 0.3) is 11.0 Å². The molecule has 2 aliphatic rings. The Labute approximate surface area is 222 Å². The number of hydrogen-bond acceptors (Lipinski definition) is 6. The minimum absolute atomic E-state index is 0.158. The van der Waals surface area contributed by atoms with Crippen molar-refractivity contribution in [2.75, 3.05) is 19.5 Å². The summed E-state index contributed by atoms with van der Waals surface area (Å²) in [6.07, 6.45) is 8.35. The maximum Gasteiger partial charge on any atom is 0.254 e. The van der Waals surface area contributed by atoms with Gasteiger partial charge in [-0.2, -0.15) is 0 Å². The highest BCUT2D eigenvalue weighted by Gasteiger charge is 2.31. The maximum atomic E-state index is 13.5. The van der Waals surface area contributed by atoms with Crippen LogP contribution in [0.2, 0.25) is 0 Å². The molecule has 9 heteroatoms. The number of thioether (sulfide) groups is 1. The summed E-state index contributed by atoms with van der Waals surface area (Å²) in [5, 5.41) is 7.61. The van der Waals surface area contributed by atoms with Gasteiger partial charge in [0.05, 0.1) is 24.8 Å². The van der Waals surface area contributed by atoms with E-state index in [1.54, 1.807) is 6.20 Å². The first-order valence-electron chi connectivity index (χ1n) is 13.2. The molecule has 3 aromatic heterocycles. The number of aromatic amines is 1. The van der Waals surface area contributed by atoms with Gasteiger partial charge in [0.2, 0.25) is 0 Å². The number of aromatic nitrogens is 3. The van der Waals surface area contributed by atoms with Gasteiger partial charge in [0.25, 0.3) is 11.5 Å². The molecule has 1 aliphatic heterocycles. The van der Waals surface area contributed by atoms with Crippen LogP contribution in [0.3, 0.4) is 0 Å². The summed E-state index contributed by atoms with van der Waals surface area (Å²) in [4.78, 5) is 34.5. The van der Waals surface area contributed by atoms with Gasteiger partial charge in [-0.15, -0.1) is 11.8 Å². The van der Waals surface area contributed by atoms with E-state index in [1.807, 2.05) is 38.3 Å². The van der Waals surface area contributed by atoms with E-state index in [0.29, 0.717) is 29.1 Å². The summed E-state index contributed by atoms with van der Waals surface area (Å²) in [7, 11) is 0. The average Bonchev–Trinajstić information content (AvgIpc) is 3.16. The van der Waals surface area contributed by atoms with Crippen molar-refractivity contribution in [2.45, 2.75) is 76.0 Å². The number of ether oxygens (including phenoxy) is 1. The standard InChI is InChI=1S/C28H37N5O3S/c1-16-12-24(37-4)23(27(34)31-16)13-30-28(35)25-18(3)33(26-22(25)6-5-11-29-26)17(2)19-7-9-20(10-8-19)32-21-14-36-15-21/h5-6,11-12,17,19-21,32H,7-10,13-15H2,1-4H3,(H,30,35)(H,31,34). The highest BCUT2D eigenvalue weighted by molar-refractivity contribution is 7.98. The van der Waals surface area contributed by atoms with Crippen molar-refractivity contribution in [2.24, 2.45) is 5.92 Å². The van der Waals surface area contributed by atoms with Crippen LogP contribution >= 0.6 is 11.8 Å². The number of rotatable bonds is 8. The zero-order chi connectivity index (χ0) is 26.1. The van der Waals surface area contributed by atoms with Crippen LogP contribution in [-0.2, 0) is 11.3 Å². The van der Waals surface area contributed by atoms with Crippen LogP contribution in [0.5, 0.6) is 0 Å². The quantitative estimate of drug-likeness (QED) is 0.385. The topological polar surface area (TPSA) is 101 Å². The monoisotopic (exact) mass is 523 g/mol. The molecule has 1 aliphatic carbocycles. The van der Waals surface area contributed by atoms with Crippen molar-refractivity contribution in [3.05, 3.63) is 57.3 Å². The summed E-state index contributed by atoms with van der Waals surface area (Å²) in [5.41, 5.74) is 3.65. The number of nitrogens with zero attached hydrogens (tertiary/aromatic N) is 2. The summed E-state index contributed by atoms with van der Waals surface area (Å²) in [6, 6.07) is 7.11. The highest BCUT2D eigenvalue weighted by Crippen LogP contribution is 2.37. The lowest BCUT2D eigenvalue weighted by Crippen LogP contribution is -2.51. The van der Waals surface area contributed by atoms with Crippen molar-refractivity contribution in [3.63, 3.8) is 0 Å². The van der Waals surface area contributed by atoms with Crippen molar-refractivity contribution in [1.82, 2.24) is 25.2 Å². The summed E-state index contributed by atoms with van der Waals surface area (Å²) in [6.45, 7) is 7.98. The van der Waals surface area contributed by atoms with Gasteiger partial charge < -0.3 is 24.9 Å². The van der Waals surface area contributed by atoms with Gasteiger partial charge in [-0.05, 0) is 76.8 Å². The summed E-state index contributed by atoms with van der Waals surface area (Å²) >= 11 is 1.51. The molecule has 198 valence electrons. The van der Waals surface area contributed by atoms with E-state index in [-0.39, 0.29) is 24.1 Å². The smallest absolute Gasteiger partial charge is 0.254 e. The molecule has 1 saturated heterocycles. The first-order chi connectivity index (χ1) is 17.9. The van der Waals surface area contributed by atoms with E-state index in [2.05, 4.69) is 27.1 Å². The molecule has 1 atom stereocenters. The van der Waals surface area contributed by atoms with Crippen LogP contribution < -0.4 is 16.2 Å². The number of H-pyrrole nitrogens is 1. The van der Waals surface area contributed by atoms with Gasteiger partial charge in [-0.1, -0.05) is 0 Å². The molecule has 2 fully saturated rings. The molecule has 0 bridgehead atoms. The van der Waals surface area contributed by atoms with E-state index in [1.165, 1.54) is 11.8 Å². The molecule has 1 unspecified atom stereocenters. The lowest BCUT2D eigenvalue weighted by Gasteiger charge is -2.37. The SMILES string of the molecule is CSc1cc(C)[nH]c(=O)c1CNC(=O)c1c(C)n(C(C)C2CCC(NC3COC3)CC2)c2ncccc12. The Kier molecular flexibility index (Phi) is 7.74. The predicted octanol–water partition coefficient (Wildman–Crippen LogP) is 4.10. The average molecular weight is 524 g/mol. The molecule has 5 rings (SSSR count). The fraction of sp³-hybridized carbons (Fsp3) is 0.536. The maximum absolute atomic E-state index is 13.5. The molecule has 4 heterocycles. The van der Waals surface area contributed by atoms with E-state index in [4.69, 9.17) is 9.72 Å². The zero-order valence-corrected chi connectivity index (χ0v) is 22.9. The summed E-state index contributed by atoms with van der Waals surface area (Å²) in [5.74, 6) is 0.349. The van der Waals surface area contributed by atoms with Gasteiger partial charge in [0, 0.05) is 52.1 Å². The minimum Gasteiger partial charge on any atom is -0.378 e. The van der Waals surface area contributed by atoms with Crippen LogP contribution in [0, 0.1) is 19.8 Å². The molecule has 8 nitrogen and oxygen atoms in total. The molecule has 1 saturated carbocycles. The third kappa shape index (κ3) is 5.22. The Hall–Kier alpha value is -2.62. The molecule has 3 N–H and O–H groups in total. The second-order valence-electron chi connectivity index (χ2n) is 10.5. The number of aryl methyl sites for hydroxylation is 1. The Morgan fingerprint density at radius 2 is 2.00 bits per heavy atom. The fourth-order valence-corrected chi connectivity index (χ4v) is 6.69. The second kappa shape index (κ2) is 11.0. The van der Waals surface area contributed by atoms with Gasteiger partial charge in [0.1, 0.15) is 5.65 Å². The molecule has 37 heavy (non-hydrogen) atoms. The zero-order valence-electron chi connectivity index (χ0n) is 22.1. The highest BCUT2D eigenvalue weighted by atomic mass is 32.2. The number of carbonyl (C=O) groups excluding carboxylic acids is 1. The number of amides is 1. The molecule has 0 aromatic carbocycles. The minimum atomic E-state index is -0.177. The van der Waals surface area contributed by atoms with E-state index in [9.17, 15) is 9.59 Å². The molecule has 1 amide bonds. The molecular formula is C28H37N5O3S. The van der Waals surface area contributed by atoms with Gasteiger partial charge in [-0.25, -0.2) is 4.98 Å². The Morgan fingerprint density at radius 1 is 1.24 bits per heavy atom. The van der Waals surface area contributed by atoms with Crippen molar-refractivity contribution in [3.8, 4) is 0 Å². The van der Waals surface area contributed by atoms with E-state index < -0.39 is 0 Å². The number of carbonyl (C=O) groups is 1. The number of nitrogens with one attached hydrogen (secondary N) is 3. The van der Waals surface area contributed by atoms with Crippen molar-refractivity contribution >= 4 is 28.7 Å². The van der Waals surface area contributed by atoms with E-state index >= 15 is 0 Å². The Bertz CT molecular complexity index is 1340. The van der Waals surface area contributed by atoms with Crippen molar-refractivity contribution < 1.29 is 9.53 Å². The number of hydrogen-bond donors (Lipinski definition) is 3. The van der Waals surface area contributed by atoms with Gasteiger partial charge in [-0.3, -0.25) is 9.59 Å². The number of fused-ring (bicyclic) bond motifs is 1. The normalized spacial score (nSPS) is 21.1. The molecule has 0 radical (unpaired) electrons. The third-order valence-corrected chi connectivity index (χ3v) is 8.88. The molecule has 0 spiro atoms.